The first-order valence-corrected chi connectivity index (χ1v) is 13.1. The summed E-state index contributed by atoms with van der Waals surface area (Å²) in [6.45, 7) is 11.8. The van der Waals surface area contributed by atoms with Crippen molar-refractivity contribution in [3.8, 4) is 0 Å². The van der Waals surface area contributed by atoms with Crippen LogP contribution in [-0.2, 0) is 24.2 Å². The molecule has 2 aromatic heterocycles. The molecule has 168 valence electrons. The molecule has 31 heavy (non-hydrogen) atoms. The largest absolute Gasteiger partial charge is 0.353 e. The van der Waals surface area contributed by atoms with E-state index in [2.05, 4.69) is 30.6 Å². The summed E-state index contributed by atoms with van der Waals surface area (Å²) in [7, 11) is 0. The Morgan fingerprint density at radius 1 is 1.35 bits per heavy atom. The number of hydrogen-bond donors (Lipinski definition) is 1. The van der Waals surface area contributed by atoms with E-state index in [9.17, 15) is 9.59 Å². The number of nitrogens with zero attached hydrogens (tertiary/aromatic N) is 3. The Balaban J connectivity index is 1.50. The second kappa shape index (κ2) is 9.88. The van der Waals surface area contributed by atoms with Gasteiger partial charge >= 0.3 is 0 Å². The monoisotopic (exact) mass is 460 g/mol. The molecule has 1 aliphatic carbocycles. The van der Waals surface area contributed by atoms with Gasteiger partial charge in [0.2, 0.25) is 5.91 Å². The van der Waals surface area contributed by atoms with E-state index < -0.39 is 0 Å². The highest BCUT2D eigenvalue weighted by Gasteiger charge is 2.25. The zero-order valence-electron chi connectivity index (χ0n) is 18.5. The van der Waals surface area contributed by atoms with Gasteiger partial charge < -0.3 is 10.2 Å². The quantitative estimate of drug-likeness (QED) is 0.389. The van der Waals surface area contributed by atoms with Crippen LogP contribution in [0.4, 0.5) is 0 Å². The maximum absolute atomic E-state index is 13.3. The molecule has 0 radical (unpaired) electrons. The number of thiophene rings is 1. The van der Waals surface area contributed by atoms with Crippen LogP contribution in [0, 0.1) is 5.92 Å². The molecule has 1 aliphatic heterocycles. The fraction of sp³-hybridized carbons (Fsp3) is 0.609. The van der Waals surface area contributed by atoms with E-state index in [1.165, 1.54) is 22.2 Å². The van der Waals surface area contributed by atoms with Crippen LogP contribution in [-0.4, -0.2) is 51.8 Å². The van der Waals surface area contributed by atoms with E-state index in [1.54, 1.807) is 22.0 Å². The molecule has 1 unspecified atom stereocenters. The van der Waals surface area contributed by atoms with Gasteiger partial charge in [-0.15, -0.1) is 17.9 Å². The molecule has 0 spiro atoms. The molecule has 1 atom stereocenters. The molecule has 8 heteroatoms. The SMILES string of the molecule is C=CCn1c(SCC(=O)NC2CCN(CC)CC2)nc2sc3c(c2c1=O)CCC(C)C3. The molecule has 0 bridgehead atoms. The molecule has 1 amide bonds. The maximum atomic E-state index is 13.3. The average Bonchev–Trinajstić information content (AvgIpc) is 3.12. The van der Waals surface area contributed by atoms with Crippen molar-refractivity contribution in [1.82, 2.24) is 19.8 Å². The van der Waals surface area contributed by atoms with E-state index in [1.807, 2.05) is 0 Å². The fourth-order valence-electron chi connectivity index (χ4n) is 4.60. The molecular formula is C23H32N4O2S2. The van der Waals surface area contributed by atoms with E-state index in [0.717, 1.165) is 62.0 Å². The molecule has 0 saturated carbocycles. The lowest BCUT2D eigenvalue weighted by Gasteiger charge is -2.31. The molecule has 1 N–H and O–H groups in total. The van der Waals surface area contributed by atoms with Crippen molar-refractivity contribution in [1.29, 1.82) is 0 Å². The maximum Gasteiger partial charge on any atom is 0.263 e. The van der Waals surface area contributed by atoms with Crippen LogP contribution in [0.1, 0.15) is 43.6 Å². The molecule has 3 heterocycles. The molecule has 2 aromatic rings. The van der Waals surface area contributed by atoms with Crippen molar-refractivity contribution >= 4 is 39.2 Å². The fourth-order valence-corrected chi connectivity index (χ4v) is 6.84. The molecular weight excluding hydrogens is 428 g/mol. The number of carbonyl (C=O) groups excluding carboxylic acids is 1. The van der Waals surface area contributed by atoms with Crippen LogP contribution >= 0.6 is 23.1 Å². The molecule has 6 nitrogen and oxygen atoms in total. The Morgan fingerprint density at radius 2 is 2.13 bits per heavy atom. The minimum Gasteiger partial charge on any atom is -0.353 e. The highest BCUT2D eigenvalue weighted by Crippen LogP contribution is 2.36. The highest BCUT2D eigenvalue weighted by atomic mass is 32.2. The van der Waals surface area contributed by atoms with Gasteiger partial charge in [0.1, 0.15) is 4.83 Å². The van der Waals surface area contributed by atoms with Gasteiger partial charge in [0, 0.05) is 30.6 Å². The van der Waals surface area contributed by atoms with Gasteiger partial charge in [-0.3, -0.25) is 14.2 Å². The van der Waals surface area contributed by atoms with E-state index in [4.69, 9.17) is 4.98 Å². The number of allylic oxidation sites excluding steroid dienone is 1. The third-order valence-corrected chi connectivity index (χ3v) is 8.55. The Labute approximate surface area is 192 Å². The van der Waals surface area contributed by atoms with Crippen LogP contribution in [0.2, 0.25) is 0 Å². The summed E-state index contributed by atoms with van der Waals surface area (Å²) in [5.74, 6) is 0.932. The standard InChI is InChI=1S/C23H32N4O2S2/c1-4-10-27-22(29)20-17-7-6-15(3)13-18(17)31-21(20)25-23(27)30-14-19(28)24-16-8-11-26(5-2)12-9-16/h4,15-16H,1,5-14H2,2-3H3,(H,24,28). The summed E-state index contributed by atoms with van der Waals surface area (Å²) in [6.07, 6.45) is 6.81. The summed E-state index contributed by atoms with van der Waals surface area (Å²) >= 11 is 3.01. The van der Waals surface area contributed by atoms with Gasteiger partial charge in [-0.25, -0.2) is 4.98 Å². The number of hydrogen-bond acceptors (Lipinski definition) is 6. The van der Waals surface area contributed by atoms with Crippen molar-refractivity contribution < 1.29 is 4.79 Å². The van der Waals surface area contributed by atoms with E-state index in [0.29, 0.717) is 17.6 Å². The topological polar surface area (TPSA) is 67.2 Å². The predicted octanol–water partition coefficient (Wildman–Crippen LogP) is 3.46. The van der Waals surface area contributed by atoms with Crippen molar-refractivity contribution in [3.63, 3.8) is 0 Å². The Bertz CT molecular complexity index is 1020. The Hall–Kier alpha value is -1.64. The highest BCUT2D eigenvalue weighted by molar-refractivity contribution is 7.99. The number of carbonyl (C=O) groups is 1. The van der Waals surface area contributed by atoms with Crippen LogP contribution in [0.5, 0.6) is 0 Å². The number of aryl methyl sites for hydroxylation is 1. The lowest BCUT2D eigenvalue weighted by molar-refractivity contribution is -0.119. The normalized spacial score (nSPS) is 20.0. The summed E-state index contributed by atoms with van der Waals surface area (Å²) in [4.78, 5) is 35.3. The zero-order valence-corrected chi connectivity index (χ0v) is 20.1. The first kappa shape index (κ1) is 22.6. The predicted molar refractivity (Wildman–Crippen MR) is 129 cm³/mol. The smallest absolute Gasteiger partial charge is 0.263 e. The van der Waals surface area contributed by atoms with Crippen LogP contribution in [0.25, 0.3) is 10.2 Å². The van der Waals surface area contributed by atoms with Gasteiger partial charge in [0.05, 0.1) is 11.1 Å². The van der Waals surface area contributed by atoms with Gasteiger partial charge in [0.15, 0.2) is 5.16 Å². The minimum atomic E-state index is 0.00630. The van der Waals surface area contributed by atoms with Crippen molar-refractivity contribution in [3.05, 3.63) is 33.4 Å². The van der Waals surface area contributed by atoms with Crippen LogP contribution in [0.3, 0.4) is 0 Å². The number of nitrogens with one attached hydrogen (secondary N) is 1. The average molecular weight is 461 g/mol. The van der Waals surface area contributed by atoms with Gasteiger partial charge in [-0.2, -0.15) is 0 Å². The van der Waals surface area contributed by atoms with Crippen LogP contribution in [0.15, 0.2) is 22.6 Å². The Morgan fingerprint density at radius 3 is 2.84 bits per heavy atom. The number of likely N-dealkylation sites (tertiary alicyclic amines) is 1. The third-order valence-electron chi connectivity index (χ3n) is 6.42. The molecule has 4 rings (SSSR count). The summed E-state index contributed by atoms with van der Waals surface area (Å²) in [5, 5.41) is 4.56. The number of aromatic nitrogens is 2. The molecule has 0 aromatic carbocycles. The summed E-state index contributed by atoms with van der Waals surface area (Å²) in [6, 6.07) is 0.243. The molecule has 1 fully saturated rings. The molecule has 2 aliphatic rings. The summed E-state index contributed by atoms with van der Waals surface area (Å²) < 4.78 is 1.68. The summed E-state index contributed by atoms with van der Waals surface area (Å²) in [5.41, 5.74) is 1.20. The lowest BCUT2D eigenvalue weighted by atomic mass is 9.89. The van der Waals surface area contributed by atoms with Gasteiger partial charge in [-0.1, -0.05) is 31.7 Å². The zero-order chi connectivity index (χ0) is 22.0. The first-order chi connectivity index (χ1) is 15.0. The number of fused-ring (bicyclic) bond motifs is 3. The van der Waals surface area contributed by atoms with Crippen molar-refractivity contribution in [2.45, 2.75) is 63.7 Å². The van der Waals surface area contributed by atoms with Gasteiger partial charge in [-0.05, 0) is 50.1 Å². The lowest BCUT2D eigenvalue weighted by Crippen LogP contribution is -2.45. The number of thioether (sulfide) groups is 1. The number of piperidine rings is 1. The van der Waals surface area contributed by atoms with Crippen LogP contribution < -0.4 is 10.9 Å². The van der Waals surface area contributed by atoms with E-state index >= 15 is 0 Å². The first-order valence-electron chi connectivity index (χ1n) is 11.3. The Kier molecular flexibility index (Phi) is 7.19. The third kappa shape index (κ3) is 4.91. The minimum absolute atomic E-state index is 0.00630. The van der Waals surface area contributed by atoms with Crippen molar-refractivity contribution in [2.24, 2.45) is 5.92 Å². The number of rotatable bonds is 7. The second-order valence-corrected chi connectivity index (χ2v) is 10.7. The van der Waals surface area contributed by atoms with Crippen molar-refractivity contribution in [2.75, 3.05) is 25.4 Å². The van der Waals surface area contributed by atoms with E-state index in [-0.39, 0.29) is 23.3 Å². The second-order valence-electron chi connectivity index (χ2n) is 8.70. The molecule has 1 saturated heterocycles. The number of amides is 1. The van der Waals surface area contributed by atoms with Gasteiger partial charge in [0.25, 0.3) is 5.56 Å².